The number of hydrogen-bond acceptors (Lipinski definition) is 3. The fourth-order valence-electron chi connectivity index (χ4n) is 5.74. The van der Waals surface area contributed by atoms with E-state index < -0.39 is 5.60 Å². The molecule has 0 radical (unpaired) electrons. The molecule has 1 heterocycles. The van der Waals surface area contributed by atoms with Gasteiger partial charge in [-0.15, -0.1) is 9.24 Å². The number of hydrogen-bond donors (Lipinski definition) is 1. The highest BCUT2D eigenvalue weighted by molar-refractivity contribution is 7.19. The molecule has 31 heavy (non-hydrogen) atoms. The topological polar surface area (TPSA) is 32.7 Å². The Morgan fingerprint density at radius 3 is 2.58 bits per heavy atom. The van der Waals surface area contributed by atoms with Crippen LogP contribution in [-0.4, -0.2) is 40.9 Å². The molecule has 166 valence electrons. The SMILES string of the molecule is O[C@@]1(c2ccc(Cl)cc2)CCN(CC2(P)CC[C@H]3CC3C2)C[C@H]1OCc1ccccc1. The van der Waals surface area contributed by atoms with Crippen LogP contribution in [-0.2, 0) is 16.9 Å². The lowest BCUT2D eigenvalue weighted by Gasteiger charge is -2.47. The Bertz CT molecular complexity index is 894. The van der Waals surface area contributed by atoms with Crippen molar-refractivity contribution in [2.75, 3.05) is 19.6 Å². The van der Waals surface area contributed by atoms with Gasteiger partial charge in [0.2, 0.25) is 0 Å². The summed E-state index contributed by atoms with van der Waals surface area (Å²) in [7, 11) is 3.20. The third-order valence-corrected chi connectivity index (χ3v) is 8.65. The van der Waals surface area contributed by atoms with Crippen LogP contribution in [0.1, 0.15) is 43.2 Å². The molecule has 2 saturated carbocycles. The molecule has 2 aromatic rings. The number of nitrogens with zero attached hydrogens (tertiary/aromatic N) is 1. The second-order valence-electron chi connectivity index (χ2n) is 10.1. The Morgan fingerprint density at radius 2 is 1.84 bits per heavy atom. The highest BCUT2D eigenvalue weighted by Gasteiger charge is 2.49. The third-order valence-electron chi connectivity index (χ3n) is 7.69. The van der Waals surface area contributed by atoms with Crippen LogP contribution in [0.15, 0.2) is 54.6 Å². The molecule has 3 aliphatic rings. The average molecular weight is 458 g/mol. The second-order valence-corrected chi connectivity index (χ2v) is 11.7. The first kappa shape index (κ1) is 21.9. The molecule has 3 nitrogen and oxygen atoms in total. The smallest absolute Gasteiger partial charge is 0.118 e. The Hall–Kier alpha value is -0.960. The van der Waals surface area contributed by atoms with Crippen LogP contribution in [0.3, 0.4) is 0 Å². The quantitative estimate of drug-likeness (QED) is 0.601. The molecule has 5 heteroatoms. The van der Waals surface area contributed by atoms with Gasteiger partial charge in [0.25, 0.3) is 0 Å². The minimum Gasteiger partial charge on any atom is -0.382 e. The average Bonchev–Trinajstić information content (AvgIpc) is 3.53. The minimum absolute atomic E-state index is 0.284. The fraction of sp³-hybridized carbons (Fsp3) is 0.538. The summed E-state index contributed by atoms with van der Waals surface area (Å²) in [4.78, 5) is 2.52. The van der Waals surface area contributed by atoms with E-state index >= 15 is 0 Å². The van der Waals surface area contributed by atoms with Crippen LogP contribution in [0.4, 0.5) is 0 Å². The first-order chi connectivity index (χ1) is 14.9. The van der Waals surface area contributed by atoms with Gasteiger partial charge in [0.05, 0.1) is 6.61 Å². The van der Waals surface area contributed by atoms with E-state index in [9.17, 15) is 5.11 Å². The van der Waals surface area contributed by atoms with Crippen molar-refractivity contribution in [3.63, 3.8) is 0 Å². The molecule has 0 amide bonds. The van der Waals surface area contributed by atoms with Gasteiger partial charge in [-0.25, -0.2) is 0 Å². The fourth-order valence-corrected chi connectivity index (χ4v) is 6.59. The maximum absolute atomic E-state index is 11.8. The summed E-state index contributed by atoms with van der Waals surface area (Å²) in [5.41, 5.74) is 1.03. The van der Waals surface area contributed by atoms with Crippen molar-refractivity contribution >= 4 is 20.8 Å². The predicted molar refractivity (Wildman–Crippen MR) is 129 cm³/mol. The van der Waals surface area contributed by atoms with Gasteiger partial charge in [-0.3, -0.25) is 4.90 Å². The molecule has 0 spiro atoms. The molecule has 3 unspecified atom stereocenters. The van der Waals surface area contributed by atoms with Crippen molar-refractivity contribution in [1.29, 1.82) is 0 Å². The lowest BCUT2D eigenvalue weighted by Crippen LogP contribution is -2.56. The van der Waals surface area contributed by atoms with E-state index in [0.717, 1.165) is 42.6 Å². The van der Waals surface area contributed by atoms with Crippen LogP contribution in [0.25, 0.3) is 0 Å². The van der Waals surface area contributed by atoms with Gasteiger partial charge in [-0.05, 0) is 72.4 Å². The van der Waals surface area contributed by atoms with Crippen molar-refractivity contribution in [3.05, 3.63) is 70.7 Å². The van der Waals surface area contributed by atoms with Gasteiger partial charge < -0.3 is 9.84 Å². The first-order valence-electron chi connectivity index (χ1n) is 11.6. The summed E-state index contributed by atoms with van der Waals surface area (Å²) in [6.45, 7) is 3.21. The first-order valence-corrected chi connectivity index (χ1v) is 12.5. The summed E-state index contributed by atoms with van der Waals surface area (Å²) >= 11 is 6.11. The van der Waals surface area contributed by atoms with E-state index in [2.05, 4.69) is 26.3 Å². The van der Waals surface area contributed by atoms with Crippen molar-refractivity contribution in [2.45, 2.75) is 55.6 Å². The van der Waals surface area contributed by atoms with Gasteiger partial charge in [-0.2, -0.15) is 0 Å². The van der Waals surface area contributed by atoms with E-state index in [4.69, 9.17) is 16.3 Å². The van der Waals surface area contributed by atoms with Crippen LogP contribution in [0.5, 0.6) is 0 Å². The number of piperidine rings is 1. The number of rotatable bonds is 6. The lowest BCUT2D eigenvalue weighted by atomic mass is 9.81. The summed E-state index contributed by atoms with van der Waals surface area (Å²) in [5.74, 6) is 1.96. The largest absolute Gasteiger partial charge is 0.382 e. The molecule has 0 aromatic heterocycles. The minimum atomic E-state index is -1.00. The molecule has 1 aliphatic heterocycles. The zero-order valence-electron chi connectivity index (χ0n) is 18.1. The Labute approximate surface area is 193 Å². The third kappa shape index (κ3) is 4.87. The standard InChI is InChI=1S/C26H33ClNO2P/c27-23-8-6-22(7-9-23)26(29)12-13-28(18-25(31)11-10-20-14-21(20)15-25)16-24(26)30-17-19-4-2-1-3-5-19/h1-9,20-21,24,29H,10-18,31H2/t20-,21?,24+,25?,26+/m0/s1. The Balaban J connectivity index is 1.32. The molecule has 1 N–H and O–H groups in total. The predicted octanol–water partition coefficient (Wildman–Crippen LogP) is 5.25. The van der Waals surface area contributed by atoms with Gasteiger partial charge in [0.15, 0.2) is 0 Å². The highest BCUT2D eigenvalue weighted by atomic mass is 35.5. The van der Waals surface area contributed by atoms with E-state index in [1.807, 2.05) is 42.5 Å². The number of ether oxygens (including phenoxy) is 1. The molecular weight excluding hydrogens is 425 g/mol. The van der Waals surface area contributed by atoms with E-state index in [0.29, 0.717) is 23.2 Å². The van der Waals surface area contributed by atoms with Gasteiger partial charge >= 0.3 is 0 Å². The summed E-state index contributed by atoms with van der Waals surface area (Å²) < 4.78 is 6.42. The summed E-state index contributed by atoms with van der Waals surface area (Å²) in [6.07, 6.45) is 5.83. The van der Waals surface area contributed by atoms with Gasteiger partial charge in [0.1, 0.15) is 11.7 Å². The summed E-state index contributed by atoms with van der Waals surface area (Å²) in [6, 6.07) is 17.9. The Morgan fingerprint density at radius 1 is 1.06 bits per heavy atom. The van der Waals surface area contributed by atoms with E-state index in [1.54, 1.807) is 0 Å². The van der Waals surface area contributed by atoms with E-state index in [-0.39, 0.29) is 6.10 Å². The normalized spacial score (nSPS) is 35.5. The van der Waals surface area contributed by atoms with Crippen molar-refractivity contribution in [1.82, 2.24) is 4.90 Å². The maximum Gasteiger partial charge on any atom is 0.118 e. The van der Waals surface area contributed by atoms with Gasteiger partial charge in [-0.1, -0.05) is 54.1 Å². The molecule has 5 rings (SSSR count). The molecular formula is C26H33ClNO2P. The lowest BCUT2D eigenvalue weighted by molar-refractivity contribution is -0.158. The number of fused-ring (bicyclic) bond motifs is 1. The molecule has 6 atom stereocenters. The van der Waals surface area contributed by atoms with Gasteiger partial charge in [0, 0.05) is 24.7 Å². The number of aliphatic hydroxyl groups is 1. The maximum atomic E-state index is 11.8. The molecule has 2 aliphatic carbocycles. The number of halogens is 1. The second kappa shape index (κ2) is 8.76. The van der Waals surface area contributed by atoms with Crippen LogP contribution in [0.2, 0.25) is 5.02 Å². The zero-order chi connectivity index (χ0) is 21.5. The van der Waals surface area contributed by atoms with Crippen LogP contribution in [0, 0.1) is 11.8 Å². The zero-order valence-corrected chi connectivity index (χ0v) is 20.0. The molecule has 1 saturated heterocycles. The Kier molecular flexibility index (Phi) is 6.18. The molecule has 3 fully saturated rings. The van der Waals surface area contributed by atoms with Crippen molar-refractivity contribution in [3.8, 4) is 0 Å². The molecule has 2 aromatic carbocycles. The molecule has 0 bridgehead atoms. The highest BCUT2D eigenvalue weighted by Crippen LogP contribution is 2.55. The number of likely N-dealkylation sites (tertiary alicyclic amines) is 1. The van der Waals surface area contributed by atoms with Crippen molar-refractivity contribution < 1.29 is 9.84 Å². The number of benzene rings is 2. The van der Waals surface area contributed by atoms with Crippen LogP contribution >= 0.6 is 20.8 Å². The monoisotopic (exact) mass is 457 g/mol. The van der Waals surface area contributed by atoms with Crippen molar-refractivity contribution in [2.24, 2.45) is 11.8 Å². The van der Waals surface area contributed by atoms with E-state index in [1.165, 1.54) is 25.7 Å². The summed E-state index contributed by atoms with van der Waals surface area (Å²) in [5, 5.41) is 12.8. The van der Waals surface area contributed by atoms with Crippen LogP contribution < -0.4 is 0 Å².